The Balaban J connectivity index is 1.41. The van der Waals surface area contributed by atoms with E-state index in [2.05, 4.69) is 20.2 Å². The largest absolute Gasteiger partial charge is 0.339 e. The van der Waals surface area contributed by atoms with Gasteiger partial charge in [-0.1, -0.05) is 5.16 Å². The van der Waals surface area contributed by atoms with Gasteiger partial charge in [0.25, 0.3) is 11.8 Å². The smallest absolute Gasteiger partial charge is 0.259 e. The highest BCUT2D eigenvalue weighted by atomic mass is 16.5. The second kappa shape index (κ2) is 6.58. The van der Waals surface area contributed by atoms with Gasteiger partial charge in [-0.25, -0.2) is 0 Å². The van der Waals surface area contributed by atoms with Crippen LogP contribution >= 0.6 is 0 Å². The zero-order chi connectivity index (χ0) is 18.1. The van der Waals surface area contributed by atoms with E-state index < -0.39 is 0 Å². The summed E-state index contributed by atoms with van der Waals surface area (Å²) >= 11 is 0. The molecule has 0 bridgehead atoms. The van der Waals surface area contributed by atoms with Crippen molar-refractivity contribution in [3.05, 3.63) is 52.5 Å². The number of piperidine rings is 1. The number of likely N-dealkylation sites (tertiary alicyclic amines) is 1. The molecule has 134 valence electrons. The van der Waals surface area contributed by atoms with E-state index >= 15 is 0 Å². The minimum absolute atomic E-state index is 0.00130. The topological polar surface area (TPSA) is 110 Å². The fraction of sp³-hybridized carbons (Fsp3) is 0.353. The third kappa shape index (κ3) is 3.15. The van der Waals surface area contributed by atoms with E-state index in [9.17, 15) is 9.59 Å². The Morgan fingerprint density at radius 1 is 1.31 bits per heavy atom. The van der Waals surface area contributed by atoms with Crippen LogP contribution in [-0.4, -0.2) is 48.8 Å². The van der Waals surface area contributed by atoms with Crippen molar-refractivity contribution in [2.75, 3.05) is 13.1 Å². The molecule has 1 N–H and O–H groups in total. The summed E-state index contributed by atoms with van der Waals surface area (Å²) in [6.07, 6.45) is 6.41. The molecule has 0 aromatic carbocycles. The van der Waals surface area contributed by atoms with Gasteiger partial charge in [0.05, 0.1) is 17.3 Å². The molecule has 0 radical (unpaired) electrons. The van der Waals surface area contributed by atoms with Gasteiger partial charge in [-0.15, -0.1) is 0 Å². The normalized spacial score (nSPS) is 15.3. The summed E-state index contributed by atoms with van der Waals surface area (Å²) in [4.78, 5) is 32.5. The number of aromatic amines is 1. The highest BCUT2D eigenvalue weighted by molar-refractivity contribution is 5.93. The molecule has 0 spiro atoms. The molecule has 3 aromatic heterocycles. The van der Waals surface area contributed by atoms with Crippen molar-refractivity contribution in [2.24, 2.45) is 7.05 Å². The zero-order valence-electron chi connectivity index (χ0n) is 14.3. The van der Waals surface area contributed by atoms with Gasteiger partial charge in [0, 0.05) is 44.5 Å². The molecular weight excluding hydrogens is 336 g/mol. The number of carbonyl (C=O) groups is 1. The molecule has 0 atom stereocenters. The molecule has 1 saturated heterocycles. The maximum absolute atomic E-state index is 12.5. The lowest BCUT2D eigenvalue weighted by Crippen LogP contribution is -2.38. The second-order valence-corrected chi connectivity index (χ2v) is 6.37. The van der Waals surface area contributed by atoms with Crippen molar-refractivity contribution < 1.29 is 9.32 Å². The number of pyridine rings is 1. The summed E-state index contributed by atoms with van der Waals surface area (Å²) in [5.41, 5.74) is 1.09. The number of aryl methyl sites for hydroxylation is 1. The summed E-state index contributed by atoms with van der Waals surface area (Å²) in [7, 11) is 1.79. The fourth-order valence-corrected chi connectivity index (χ4v) is 3.12. The lowest BCUT2D eigenvalue weighted by molar-refractivity contribution is 0.0710. The molecule has 4 heterocycles. The van der Waals surface area contributed by atoms with E-state index in [1.807, 2.05) is 4.90 Å². The molecule has 0 aliphatic carbocycles. The van der Waals surface area contributed by atoms with E-state index in [4.69, 9.17) is 4.52 Å². The highest BCUT2D eigenvalue weighted by Gasteiger charge is 2.28. The Morgan fingerprint density at radius 2 is 2.12 bits per heavy atom. The van der Waals surface area contributed by atoms with Gasteiger partial charge in [0.2, 0.25) is 5.56 Å². The average molecular weight is 354 g/mol. The van der Waals surface area contributed by atoms with E-state index in [0.29, 0.717) is 35.9 Å². The van der Waals surface area contributed by atoms with E-state index in [1.54, 1.807) is 36.4 Å². The summed E-state index contributed by atoms with van der Waals surface area (Å²) < 4.78 is 6.94. The molecular formula is C17H18N6O3. The highest BCUT2D eigenvalue weighted by Crippen LogP contribution is 2.28. The van der Waals surface area contributed by atoms with Crippen LogP contribution in [0.15, 0.2) is 40.0 Å². The summed E-state index contributed by atoms with van der Waals surface area (Å²) in [5.74, 6) is 1.16. The van der Waals surface area contributed by atoms with E-state index in [0.717, 1.165) is 12.8 Å². The van der Waals surface area contributed by atoms with Gasteiger partial charge in [0.15, 0.2) is 5.82 Å². The maximum atomic E-state index is 12.5. The number of H-pyrrole nitrogens is 1. The number of aromatic nitrogens is 5. The van der Waals surface area contributed by atoms with Crippen LogP contribution in [0.5, 0.6) is 0 Å². The van der Waals surface area contributed by atoms with Crippen molar-refractivity contribution in [3.8, 4) is 11.5 Å². The molecule has 3 aromatic rings. The predicted molar refractivity (Wildman–Crippen MR) is 91.4 cm³/mol. The van der Waals surface area contributed by atoms with Crippen LogP contribution in [0, 0.1) is 0 Å². The van der Waals surface area contributed by atoms with Crippen LogP contribution in [0.4, 0.5) is 0 Å². The first kappa shape index (κ1) is 16.2. The van der Waals surface area contributed by atoms with Gasteiger partial charge >= 0.3 is 0 Å². The van der Waals surface area contributed by atoms with Crippen LogP contribution < -0.4 is 5.56 Å². The summed E-state index contributed by atoms with van der Waals surface area (Å²) in [5, 5.41) is 8.12. The Kier molecular flexibility index (Phi) is 4.11. The van der Waals surface area contributed by atoms with Crippen LogP contribution in [0.2, 0.25) is 0 Å². The molecule has 1 aliphatic rings. The Bertz CT molecular complexity index is 960. The van der Waals surface area contributed by atoms with Crippen LogP contribution in [-0.2, 0) is 7.05 Å². The summed E-state index contributed by atoms with van der Waals surface area (Å²) in [6.45, 7) is 1.28. The van der Waals surface area contributed by atoms with Crippen molar-refractivity contribution >= 4 is 5.91 Å². The fourth-order valence-electron chi connectivity index (χ4n) is 3.12. The van der Waals surface area contributed by atoms with Gasteiger partial charge < -0.3 is 14.4 Å². The minimum atomic E-state index is -0.181. The van der Waals surface area contributed by atoms with E-state index in [1.165, 1.54) is 6.07 Å². The molecule has 4 rings (SSSR count). The minimum Gasteiger partial charge on any atom is -0.339 e. The standard InChI is InChI=1S/C17H18N6O3/c1-22-10-13(9-19-22)17(25)23-6-4-11(5-7-23)15-20-16(26-21-15)12-2-3-14(24)18-8-12/h2-3,8-11H,4-7H2,1H3,(H,18,24). The van der Waals surface area contributed by atoms with Crippen LogP contribution in [0.1, 0.15) is 34.9 Å². The van der Waals surface area contributed by atoms with Crippen LogP contribution in [0.25, 0.3) is 11.5 Å². The Labute approximate surface area is 148 Å². The third-order valence-corrected chi connectivity index (χ3v) is 4.57. The average Bonchev–Trinajstić information content (AvgIpc) is 3.31. The number of rotatable bonds is 3. The molecule has 1 amide bonds. The third-order valence-electron chi connectivity index (χ3n) is 4.57. The maximum Gasteiger partial charge on any atom is 0.259 e. The summed E-state index contributed by atoms with van der Waals surface area (Å²) in [6, 6.07) is 3.06. The van der Waals surface area contributed by atoms with Gasteiger partial charge in [0.1, 0.15) is 0 Å². The molecule has 26 heavy (non-hydrogen) atoms. The van der Waals surface area contributed by atoms with Gasteiger partial charge in [-0.3, -0.25) is 14.3 Å². The number of carbonyl (C=O) groups excluding carboxylic acids is 1. The lowest BCUT2D eigenvalue weighted by atomic mass is 9.96. The van der Waals surface area contributed by atoms with Gasteiger partial charge in [-0.2, -0.15) is 10.1 Å². The lowest BCUT2D eigenvalue weighted by Gasteiger charge is -2.30. The Hall–Kier alpha value is -3.23. The number of amides is 1. The quantitative estimate of drug-likeness (QED) is 0.756. The van der Waals surface area contributed by atoms with Gasteiger partial charge in [-0.05, 0) is 18.9 Å². The monoisotopic (exact) mass is 354 g/mol. The Morgan fingerprint density at radius 3 is 2.77 bits per heavy atom. The van der Waals surface area contributed by atoms with Crippen LogP contribution in [0.3, 0.4) is 0 Å². The molecule has 0 saturated carbocycles. The van der Waals surface area contributed by atoms with Crippen molar-refractivity contribution in [1.82, 2.24) is 29.8 Å². The SMILES string of the molecule is Cn1cc(C(=O)N2CCC(c3noc(-c4ccc(=O)[nH]c4)n3)CC2)cn1. The zero-order valence-corrected chi connectivity index (χ0v) is 14.3. The predicted octanol–water partition coefficient (Wildman–Crippen LogP) is 1.18. The molecule has 1 aliphatic heterocycles. The van der Waals surface area contributed by atoms with E-state index in [-0.39, 0.29) is 17.4 Å². The number of hydrogen-bond acceptors (Lipinski definition) is 6. The first-order valence-electron chi connectivity index (χ1n) is 8.41. The molecule has 0 unspecified atom stereocenters. The number of nitrogens with one attached hydrogen (secondary N) is 1. The molecule has 1 fully saturated rings. The molecule has 9 heteroatoms. The molecule has 9 nitrogen and oxygen atoms in total. The first-order chi connectivity index (χ1) is 12.6. The number of hydrogen-bond donors (Lipinski definition) is 1. The first-order valence-corrected chi connectivity index (χ1v) is 8.41. The van der Waals surface area contributed by atoms with Crippen molar-refractivity contribution in [2.45, 2.75) is 18.8 Å². The number of nitrogens with zero attached hydrogens (tertiary/aromatic N) is 5. The second-order valence-electron chi connectivity index (χ2n) is 6.37. The van der Waals surface area contributed by atoms with Crippen molar-refractivity contribution in [1.29, 1.82) is 0 Å². The van der Waals surface area contributed by atoms with Crippen molar-refractivity contribution in [3.63, 3.8) is 0 Å².